The Kier molecular flexibility index (Phi) is 5.65. The molecule has 0 aromatic heterocycles. The molecule has 1 nitrogen and oxygen atoms in total. The van der Waals surface area contributed by atoms with Crippen molar-refractivity contribution < 1.29 is 4.43 Å². The van der Waals surface area contributed by atoms with Crippen LogP contribution in [0.3, 0.4) is 0 Å². The predicted octanol–water partition coefficient (Wildman–Crippen LogP) is 7.64. The molecule has 0 saturated heterocycles. The highest BCUT2D eigenvalue weighted by Gasteiger charge is 2.60. The maximum Gasteiger partial charge on any atom is 0.218 e. The first kappa shape index (κ1) is 22.7. The van der Waals surface area contributed by atoms with Crippen molar-refractivity contribution in [2.24, 2.45) is 34.5 Å². The lowest BCUT2D eigenvalue weighted by Gasteiger charge is -2.61. The fourth-order valence-electron chi connectivity index (χ4n) is 8.96. The summed E-state index contributed by atoms with van der Waals surface area (Å²) in [5.41, 5.74) is 4.20. The van der Waals surface area contributed by atoms with Crippen molar-refractivity contribution in [1.82, 2.24) is 0 Å². The van der Waals surface area contributed by atoms with Crippen LogP contribution in [0.2, 0.25) is 13.1 Å². The lowest BCUT2D eigenvalue weighted by molar-refractivity contribution is -0.0904. The Bertz CT molecular complexity index is 901. The van der Waals surface area contributed by atoms with Crippen molar-refractivity contribution in [2.75, 3.05) is 0 Å². The summed E-state index contributed by atoms with van der Waals surface area (Å²) in [6.45, 7) is 17.0. The van der Waals surface area contributed by atoms with Gasteiger partial charge in [-0.2, -0.15) is 0 Å². The standard InChI is InChI=1S/C30H44OSi/c1-7-22-13-14-26-25-19-21(2)28-20-23(31-32(5,6)24-11-9-8-10-12-24)15-17-30(28,4)27(25)16-18-29(22,26)3/h7-12,23,25-28H,2,13-20H2,1,3-6H3/b22-7-/t23-,25+,26+,27+,28-,29-,30-/m1/s1. The Labute approximate surface area is 197 Å². The molecule has 32 heavy (non-hydrogen) atoms. The maximum absolute atomic E-state index is 6.95. The first-order valence-electron chi connectivity index (χ1n) is 13.3. The Morgan fingerprint density at radius 1 is 1.03 bits per heavy atom. The molecule has 0 bridgehead atoms. The van der Waals surface area contributed by atoms with Crippen LogP contribution >= 0.6 is 0 Å². The number of hydrogen-bond donors (Lipinski definition) is 0. The van der Waals surface area contributed by atoms with E-state index in [4.69, 9.17) is 11.0 Å². The van der Waals surface area contributed by atoms with Crippen LogP contribution in [0, 0.1) is 34.5 Å². The van der Waals surface area contributed by atoms with Gasteiger partial charge in [-0.3, -0.25) is 0 Å². The van der Waals surface area contributed by atoms with Gasteiger partial charge in [-0.1, -0.05) is 68.0 Å². The highest BCUT2D eigenvalue weighted by Crippen LogP contribution is 2.68. The third kappa shape index (κ3) is 3.43. The molecule has 4 aliphatic carbocycles. The zero-order chi connectivity index (χ0) is 22.7. The molecule has 174 valence electrons. The summed E-state index contributed by atoms with van der Waals surface area (Å²) in [6, 6.07) is 11.0. The molecule has 4 saturated carbocycles. The monoisotopic (exact) mass is 448 g/mol. The van der Waals surface area contributed by atoms with E-state index in [1.54, 1.807) is 11.1 Å². The smallest absolute Gasteiger partial charge is 0.218 e. The van der Waals surface area contributed by atoms with Gasteiger partial charge < -0.3 is 4.43 Å². The molecule has 7 atom stereocenters. The third-order valence-corrected chi connectivity index (χ3v) is 13.3. The second-order valence-electron chi connectivity index (χ2n) is 12.5. The Balaban J connectivity index is 1.35. The van der Waals surface area contributed by atoms with Crippen LogP contribution in [0.25, 0.3) is 0 Å². The Morgan fingerprint density at radius 2 is 1.78 bits per heavy atom. The number of allylic oxidation sites excluding steroid dienone is 3. The Morgan fingerprint density at radius 3 is 2.50 bits per heavy atom. The van der Waals surface area contributed by atoms with Crippen LogP contribution < -0.4 is 5.19 Å². The summed E-state index contributed by atoms with van der Waals surface area (Å²) in [4.78, 5) is 0. The van der Waals surface area contributed by atoms with Gasteiger partial charge in [0.15, 0.2) is 0 Å². The molecule has 4 aliphatic rings. The lowest BCUT2D eigenvalue weighted by Crippen LogP contribution is -2.55. The van der Waals surface area contributed by atoms with E-state index in [0.717, 1.165) is 17.8 Å². The van der Waals surface area contributed by atoms with Gasteiger partial charge in [0.2, 0.25) is 8.32 Å². The minimum Gasteiger partial charge on any atom is -0.410 e. The average molecular weight is 449 g/mol. The summed E-state index contributed by atoms with van der Waals surface area (Å²) < 4.78 is 6.95. The predicted molar refractivity (Wildman–Crippen MR) is 138 cm³/mol. The fraction of sp³-hybridized carbons (Fsp3) is 0.667. The number of hydrogen-bond acceptors (Lipinski definition) is 1. The minimum absolute atomic E-state index is 0.401. The topological polar surface area (TPSA) is 9.23 Å². The zero-order valence-electron chi connectivity index (χ0n) is 21.1. The molecule has 1 aromatic rings. The van der Waals surface area contributed by atoms with E-state index in [2.05, 4.69) is 70.3 Å². The molecular weight excluding hydrogens is 404 g/mol. The van der Waals surface area contributed by atoms with Gasteiger partial charge in [-0.05, 0) is 111 Å². The van der Waals surface area contributed by atoms with E-state index >= 15 is 0 Å². The summed E-state index contributed by atoms with van der Waals surface area (Å²) >= 11 is 0. The van der Waals surface area contributed by atoms with Gasteiger partial charge in [-0.15, -0.1) is 0 Å². The van der Waals surface area contributed by atoms with E-state index in [0.29, 0.717) is 22.9 Å². The summed E-state index contributed by atoms with van der Waals surface area (Å²) in [6.07, 6.45) is 13.4. The number of benzene rings is 1. The van der Waals surface area contributed by atoms with Gasteiger partial charge in [0, 0.05) is 6.10 Å². The van der Waals surface area contributed by atoms with E-state index < -0.39 is 8.32 Å². The third-order valence-electron chi connectivity index (χ3n) is 10.7. The Hall–Kier alpha value is -1.12. The van der Waals surface area contributed by atoms with Crippen molar-refractivity contribution in [3.8, 4) is 0 Å². The number of rotatable bonds is 3. The van der Waals surface area contributed by atoms with Crippen LogP contribution in [0.4, 0.5) is 0 Å². The highest BCUT2D eigenvalue weighted by molar-refractivity contribution is 6.84. The van der Waals surface area contributed by atoms with Crippen LogP contribution in [0.5, 0.6) is 0 Å². The normalized spacial score (nSPS) is 43.0. The van der Waals surface area contributed by atoms with Gasteiger partial charge in [0.25, 0.3) is 0 Å². The highest BCUT2D eigenvalue weighted by atomic mass is 28.4. The van der Waals surface area contributed by atoms with E-state index in [9.17, 15) is 0 Å². The quantitative estimate of drug-likeness (QED) is 0.341. The molecule has 0 unspecified atom stereocenters. The zero-order valence-corrected chi connectivity index (χ0v) is 22.1. The summed E-state index contributed by atoms with van der Waals surface area (Å²) in [5, 5.41) is 1.42. The van der Waals surface area contributed by atoms with Crippen molar-refractivity contribution >= 4 is 13.5 Å². The first-order chi connectivity index (χ1) is 15.2. The number of fused-ring (bicyclic) bond motifs is 5. The van der Waals surface area contributed by atoms with Crippen LogP contribution in [-0.2, 0) is 4.43 Å². The summed E-state index contributed by atoms with van der Waals surface area (Å²) in [7, 11) is -1.88. The van der Waals surface area contributed by atoms with Crippen molar-refractivity contribution in [3.63, 3.8) is 0 Å². The molecule has 4 fully saturated rings. The van der Waals surface area contributed by atoms with Crippen LogP contribution in [-0.4, -0.2) is 14.4 Å². The molecule has 0 N–H and O–H groups in total. The molecule has 0 radical (unpaired) electrons. The average Bonchev–Trinajstić information content (AvgIpc) is 3.12. The lowest BCUT2D eigenvalue weighted by atomic mass is 9.44. The molecule has 0 spiro atoms. The molecule has 2 heteroatoms. The van der Waals surface area contributed by atoms with E-state index in [1.165, 1.54) is 56.6 Å². The van der Waals surface area contributed by atoms with Gasteiger partial charge >= 0.3 is 0 Å². The van der Waals surface area contributed by atoms with Crippen molar-refractivity contribution in [3.05, 3.63) is 54.1 Å². The SMILES string of the molecule is C=C1C[C@@H]2[C@H](CC[C@]3(C)/C(=C\C)CC[C@@H]23)[C@@]2(C)CC[C@@H](O[Si](C)(C)c3ccccc3)C[C@H]12. The maximum atomic E-state index is 6.95. The fourth-order valence-corrected chi connectivity index (χ4v) is 11.1. The molecular formula is C30H44OSi. The van der Waals surface area contributed by atoms with Gasteiger partial charge in [-0.25, -0.2) is 0 Å². The molecule has 0 amide bonds. The van der Waals surface area contributed by atoms with Crippen LogP contribution in [0.1, 0.15) is 72.1 Å². The van der Waals surface area contributed by atoms with Crippen LogP contribution in [0.15, 0.2) is 54.1 Å². The molecule has 1 aromatic carbocycles. The van der Waals surface area contributed by atoms with E-state index in [-0.39, 0.29) is 0 Å². The second-order valence-corrected chi connectivity index (χ2v) is 16.3. The summed E-state index contributed by atoms with van der Waals surface area (Å²) in [5.74, 6) is 3.26. The second kappa shape index (κ2) is 7.98. The minimum atomic E-state index is -1.88. The van der Waals surface area contributed by atoms with E-state index in [1.807, 2.05) is 0 Å². The molecule has 5 rings (SSSR count). The van der Waals surface area contributed by atoms with Gasteiger partial charge in [0.1, 0.15) is 0 Å². The van der Waals surface area contributed by atoms with Crippen molar-refractivity contribution in [2.45, 2.75) is 91.3 Å². The molecule has 0 aliphatic heterocycles. The van der Waals surface area contributed by atoms with Crippen molar-refractivity contribution in [1.29, 1.82) is 0 Å². The van der Waals surface area contributed by atoms with Gasteiger partial charge in [0.05, 0.1) is 0 Å². The molecule has 0 heterocycles. The first-order valence-corrected chi connectivity index (χ1v) is 16.2. The largest absolute Gasteiger partial charge is 0.410 e.